The number of rotatable bonds is 4. The molecule has 5 nitrogen and oxygen atoms in total. The second-order valence-electron chi connectivity index (χ2n) is 8.22. The standard InChI is InChI=1S/C26H22ClN5/c27-20-8-6-19(7-9-20)24-23-15-32(12-10-18-4-2-1-3-5-18)13-11-21(23)22(14-28)25(31)26(24,16-29)17-30/h1-9,11,23-24H,10,12-13,15,31H2/t23-,24+/m0/s1. The van der Waals surface area contributed by atoms with E-state index in [1.807, 2.05) is 36.4 Å². The topological polar surface area (TPSA) is 101 Å². The minimum absolute atomic E-state index is 0.0465. The van der Waals surface area contributed by atoms with E-state index in [-0.39, 0.29) is 17.2 Å². The van der Waals surface area contributed by atoms with Crippen LogP contribution in [0.25, 0.3) is 0 Å². The summed E-state index contributed by atoms with van der Waals surface area (Å²) in [6.07, 6.45) is 2.93. The van der Waals surface area contributed by atoms with E-state index in [1.165, 1.54) is 5.56 Å². The van der Waals surface area contributed by atoms with Gasteiger partial charge in [-0.25, -0.2) is 0 Å². The molecule has 0 amide bonds. The molecule has 1 heterocycles. The van der Waals surface area contributed by atoms with Crippen molar-refractivity contribution < 1.29 is 0 Å². The Kier molecular flexibility index (Phi) is 6.02. The van der Waals surface area contributed by atoms with Crippen LogP contribution in [-0.4, -0.2) is 24.5 Å². The molecule has 1 aliphatic heterocycles. The van der Waals surface area contributed by atoms with Gasteiger partial charge in [0.25, 0.3) is 0 Å². The van der Waals surface area contributed by atoms with Crippen molar-refractivity contribution in [3.05, 3.63) is 93.7 Å². The van der Waals surface area contributed by atoms with Crippen LogP contribution >= 0.6 is 11.6 Å². The highest BCUT2D eigenvalue weighted by atomic mass is 35.5. The molecule has 0 bridgehead atoms. The third kappa shape index (κ3) is 3.65. The second kappa shape index (κ2) is 8.89. The Morgan fingerprint density at radius 1 is 1.03 bits per heavy atom. The van der Waals surface area contributed by atoms with Crippen molar-refractivity contribution in [1.82, 2.24) is 4.90 Å². The molecule has 4 rings (SSSR count). The summed E-state index contributed by atoms with van der Waals surface area (Å²) in [6.45, 7) is 2.16. The number of allylic oxidation sites excluding steroid dienone is 2. The van der Waals surface area contributed by atoms with Crippen molar-refractivity contribution in [2.75, 3.05) is 19.6 Å². The average molecular weight is 440 g/mol. The Hall–Kier alpha value is -3.56. The van der Waals surface area contributed by atoms with Gasteiger partial charge < -0.3 is 5.73 Å². The Morgan fingerprint density at radius 3 is 2.34 bits per heavy atom. The van der Waals surface area contributed by atoms with Crippen molar-refractivity contribution in [2.24, 2.45) is 17.1 Å². The molecule has 32 heavy (non-hydrogen) atoms. The number of fused-ring (bicyclic) bond motifs is 1. The van der Waals surface area contributed by atoms with Crippen molar-refractivity contribution in [1.29, 1.82) is 15.8 Å². The summed E-state index contributed by atoms with van der Waals surface area (Å²) in [7, 11) is 0. The lowest BCUT2D eigenvalue weighted by atomic mass is 9.58. The smallest absolute Gasteiger partial charge is 0.191 e. The predicted molar refractivity (Wildman–Crippen MR) is 123 cm³/mol. The summed E-state index contributed by atoms with van der Waals surface area (Å²) in [5, 5.41) is 30.8. The molecule has 0 saturated carbocycles. The lowest BCUT2D eigenvalue weighted by Crippen LogP contribution is -2.48. The number of halogens is 1. The summed E-state index contributed by atoms with van der Waals surface area (Å²) >= 11 is 6.10. The predicted octanol–water partition coefficient (Wildman–Crippen LogP) is 4.31. The molecule has 158 valence electrons. The zero-order valence-corrected chi connectivity index (χ0v) is 18.3. The monoisotopic (exact) mass is 439 g/mol. The van der Waals surface area contributed by atoms with Gasteiger partial charge in [0.15, 0.2) is 5.41 Å². The SMILES string of the molecule is N#CC1=C(N)C(C#N)(C#N)[C@H](c2ccc(Cl)cc2)[C@H]2CN(CCc3ccccc3)CC=C12. The fraction of sp³-hybridized carbons (Fsp3) is 0.269. The Morgan fingerprint density at radius 2 is 1.72 bits per heavy atom. The highest BCUT2D eigenvalue weighted by molar-refractivity contribution is 6.30. The molecule has 1 aliphatic carbocycles. The summed E-state index contributed by atoms with van der Waals surface area (Å²) in [6, 6.07) is 24.0. The van der Waals surface area contributed by atoms with E-state index in [9.17, 15) is 15.8 Å². The van der Waals surface area contributed by atoms with Crippen molar-refractivity contribution in [2.45, 2.75) is 12.3 Å². The quantitative estimate of drug-likeness (QED) is 0.764. The van der Waals surface area contributed by atoms with Crippen LogP contribution in [0.1, 0.15) is 17.0 Å². The van der Waals surface area contributed by atoms with E-state index in [0.717, 1.165) is 24.1 Å². The van der Waals surface area contributed by atoms with Gasteiger partial charge in [-0.05, 0) is 35.3 Å². The molecule has 2 atom stereocenters. The van der Waals surface area contributed by atoms with E-state index >= 15 is 0 Å². The fourth-order valence-corrected chi connectivity index (χ4v) is 5.03. The molecule has 2 aromatic rings. The molecular weight excluding hydrogens is 418 g/mol. The van der Waals surface area contributed by atoms with Gasteiger partial charge in [0.05, 0.1) is 23.4 Å². The maximum absolute atomic E-state index is 10.2. The maximum Gasteiger partial charge on any atom is 0.191 e. The van der Waals surface area contributed by atoms with Gasteiger partial charge in [-0.2, -0.15) is 15.8 Å². The van der Waals surface area contributed by atoms with Crippen LogP contribution in [0.3, 0.4) is 0 Å². The van der Waals surface area contributed by atoms with Gasteiger partial charge in [-0.1, -0.05) is 60.1 Å². The number of nitrogens with zero attached hydrogens (tertiary/aromatic N) is 4. The number of nitrogens with two attached hydrogens (primary N) is 1. The number of nitriles is 3. The molecule has 0 aromatic heterocycles. The van der Waals surface area contributed by atoms with Gasteiger partial charge in [0, 0.05) is 36.5 Å². The molecule has 6 heteroatoms. The first-order valence-corrected chi connectivity index (χ1v) is 10.9. The number of benzene rings is 2. The maximum atomic E-state index is 10.2. The molecule has 0 unspecified atom stereocenters. The lowest BCUT2D eigenvalue weighted by Gasteiger charge is -2.45. The highest BCUT2D eigenvalue weighted by Crippen LogP contribution is 2.54. The third-order valence-corrected chi connectivity index (χ3v) is 6.78. The first-order valence-electron chi connectivity index (χ1n) is 10.5. The van der Waals surface area contributed by atoms with Gasteiger partial charge in [-0.15, -0.1) is 0 Å². The van der Waals surface area contributed by atoms with Crippen molar-refractivity contribution >= 4 is 11.6 Å². The molecule has 0 fully saturated rings. The number of hydrogen-bond donors (Lipinski definition) is 1. The Balaban J connectivity index is 1.76. The molecule has 2 N–H and O–H groups in total. The first kappa shape index (κ1) is 21.7. The van der Waals surface area contributed by atoms with Crippen LogP contribution in [0.4, 0.5) is 0 Å². The zero-order chi connectivity index (χ0) is 22.7. The molecule has 0 radical (unpaired) electrons. The summed E-state index contributed by atoms with van der Waals surface area (Å²) in [4.78, 5) is 2.31. The summed E-state index contributed by atoms with van der Waals surface area (Å²) in [5.41, 5.74) is 7.96. The van der Waals surface area contributed by atoms with E-state index < -0.39 is 11.3 Å². The molecule has 2 aliphatic rings. The molecule has 0 saturated heterocycles. The van der Waals surface area contributed by atoms with Crippen molar-refractivity contribution in [3.8, 4) is 18.2 Å². The average Bonchev–Trinajstić information content (AvgIpc) is 2.83. The molecule has 2 aromatic carbocycles. The summed E-state index contributed by atoms with van der Waals surface area (Å²) in [5.74, 6) is -0.709. The van der Waals surface area contributed by atoms with E-state index in [1.54, 1.807) is 12.1 Å². The van der Waals surface area contributed by atoms with E-state index in [0.29, 0.717) is 18.1 Å². The normalized spacial score (nSPS) is 22.1. The largest absolute Gasteiger partial charge is 0.399 e. The van der Waals surface area contributed by atoms with Gasteiger partial charge >= 0.3 is 0 Å². The third-order valence-electron chi connectivity index (χ3n) is 6.53. The second-order valence-corrected chi connectivity index (χ2v) is 8.66. The minimum Gasteiger partial charge on any atom is -0.399 e. The lowest BCUT2D eigenvalue weighted by molar-refractivity contribution is 0.209. The van der Waals surface area contributed by atoms with Crippen LogP contribution in [0, 0.1) is 45.3 Å². The van der Waals surface area contributed by atoms with Crippen LogP contribution < -0.4 is 5.73 Å². The van der Waals surface area contributed by atoms with Gasteiger partial charge in [0.1, 0.15) is 6.07 Å². The van der Waals surface area contributed by atoms with Crippen LogP contribution in [0.2, 0.25) is 5.02 Å². The van der Waals surface area contributed by atoms with Crippen LogP contribution in [0.5, 0.6) is 0 Å². The number of hydrogen-bond acceptors (Lipinski definition) is 5. The van der Waals surface area contributed by atoms with Crippen molar-refractivity contribution in [3.63, 3.8) is 0 Å². The van der Waals surface area contributed by atoms with E-state index in [4.69, 9.17) is 17.3 Å². The van der Waals surface area contributed by atoms with Crippen LogP contribution in [0.15, 0.2) is 77.5 Å². The zero-order valence-electron chi connectivity index (χ0n) is 17.5. The summed E-state index contributed by atoms with van der Waals surface area (Å²) < 4.78 is 0. The molecule has 0 spiro atoms. The minimum atomic E-state index is -1.62. The van der Waals surface area contributed by atoms with Gasteiger partial charge in [0.2, 0.25) is 0 Å². The Bertz CT molecular complexity index is 1180. The molecular formula is C26H22ClN5. The van der Waals surface area contributed by atoms with E-state index in [2.05, 4.69) is 35.2 Å². The first-order chi connectivity index (χ1) is 15.5. The van der Waals surface area contributed by atoms with Gasteiger partial charge in [-0.3, -0.25) is 4.90 Å². The fourth-order valence-electron chi connectivity index (χ4n) is 4.90. The Labute approximate surface area is 193 Å². The highest BCUT2D eigenvalue weighted by Gasteiger charge is 2.54. The van der Waals surface area contributed by atoms with Crippen LogP contribution in [-0.2, 0) is 6.42 Å².